The summed E-state index contributed by atoms with van der Waals surface area (Å²) in [4.78, 5) is 50.8. The van der Waals surface area contributed by atoms with E-state index in [-0.39, 0.29) is 61.2 Å². The second-order valence-electron chi connectivity index (χ2n) is 35.9. The summed E-state index contributed by atoms with van der Waals surface area (Å²) >= 11 is 5.77. The van der Waals surface area contributed by atoms with E-state index in [2.05, 4.69) is 221 Å². The van der Waals surface area contributed by atoms with Crippen molar-refractivity contribution in [3.63, 3.8) is 0 Å². The molecular formula is C98H173ClN12O5. The maximum absolute atomic E-state index is 12.0. The van der Waals surface area contributed by atoms with Crippen molar-refractivity contribution in [3.05, 3.63) is 169 Å². The lowest BCUT2D eigenvalue weighted by Gasteiger charge is -2.33. The molecule has 2 atom stereocenters. The van der Waals surface area contributed by atoms with E-state index in [4.69, 9.17) is 16.3 Å². The molecule has 662 valence electrons. The van der Waals surface area contributed by atoms with E-state index in [9.17, 15) is 19.2 Å². The van der Waals surface area contributed by atoms with E-state index < -0.39 is 5.60 Å². The molecule has 8 rings (SSSR count). The fourth-order valence-electron chi connectivity index (χ4n) is 13.1. The second-order valence-corrected chi connectivity index (χ2v) is 36.4. The van der Waals surface area contributed by atoms with Crippen molar-refractivity contribution < 1.29 is 23.9 Å². The highest BCUT2D eigenvalue weighted by molar-refractivity contribution is 6.30. The largest absolute Gasteiger partial charge is 0.444 e. The molecule has 2 unspecified atom stereocenters. The van der Waals surface area contributed by atoms with Crippen LogP contribution in [0.15, 0.2) is 147 Å². The van der Waals surface area contributed by atoms with E-state index in [1.54, 1.807) is 4.90 Å². The number of nitrogens with zero attached hydrogens (tertiary/aromatic N) is 2. The molecule has 3 aliphatic heterocycles. The Balaban J connectivity index is 0. The molecule has 0 radical (unpaired) electrons. The molecule has 5 fully saturated rings. The van der Waals surface area contributed by atoms with Crippen LogP contribution in [-0.2, 0) is 25.5 Å². The predicted octanol–water partition coefficient (Wildman–Crippen LogP) is 21.0. The SMILES string of the molecule is C.C=C(NC(C)C)C(C)C.C=C(NC(C)C)C1CCC(C)CC1.C=C(NC(C)C)C1CCCC1.C=C(NC(C)C)C1CCCNC1.C=C(NC(C)C)c1ccc(Cl)cc1.C=C(NC(C)C)c1ccccc1.CC(C)NC(=O)C1CCCN(C(=O)OC(C)(C)C)C1.CC(C)NC(=O)C1CCN(C)CC1.CC(C)NC(=O)Cc1ccccc1. The van der Waals surface area contributed by atoms with Crippen molar-refractivity contribution in [2.24, 2.45) is 41.4 Å². The zero-order valence-corrected chi connectivity index (χ0v) is 78.0. The van der Waals surface area contributed by atoms with Crippen LogP contribution in [0, 0.1) is 41.4 Å². The topological polar surface area (TPSA) is 204 Å². The zero-order chi connectivity index (χ0) is 87.5. The van der Waals surface area contributed by atoms with Crippen LogP contribution in [0.2, 0.25) is 5.02 Å². The minimum Gasteiger partial charge on any atom is -0.444 e. The Morgan fingerprint density at radius 1 is 0.448 bits per heavy atom. The zero-order valence-electron chi connectivity index (χ0n) is 77.2. The lowest BCUT2D eigenvalue weighted by molar-refractivity contribution is -0.127. The summed E-state index contributed by atoms with van der Waals surface area (Å²) in [6.07, 6.45) is 17.3. The average molecular weight is 1630 g/mol. The number of benzene rings is 3. The van der Waals surface area contributed by atoms with E-state index in [1.807, 2.05) is 135 Å². The van der Waals surface area contributed by atoms with E-state index in [0.29, 0.717) is 67.6 Å². The van der Waals surface area contributed by atoms with Gasteiger partial charge in [0.1, 0.15) is 5.60 Å². The van der Waals surface area contributed by atoms with Gasteiger partial charge in [-0.2, -0.15) is 0 Å². The van der Waals surface area contributed by atoms with Gasteiger partial charge in [-0.1, -0.05) is 178 Å². The Labute approximate surface area is 716 Å². The van der Waals surface area contributed by atoms with Gasteiger partial charge in [0, 0.05) is 125 Å². The lowest BCUT2D eigenvalue weighted by atomic mass is 9.81. The first-order chi connectivity index (χ1) is 53.8. The van der Waals surface area contributed by atoms with Crippen LogP contribution < -0.4 is 53.2 Å². The van der Waals surface area contributed by atoms with Crippen molar-refractivity contribution in [2.45, 2.75) is 330 Å². The smallest absolute Gasteiger partial charge is 0.410 e. The monoisotopic (exact) mass is 1630 g/mol. The number of hydrogen-bond acceptors (Lipinski definition) is 13. The molecule has 3 aromatic rings. The summed E-state index contributed by atoms with van der Waals surface area (Å²) in [5.74, 6) is 4.10. The quantitative estimate of drug-likeness (QED) is 0.0384. The molecule has 0 bridgehead atoms. The molecule has 5 aliphatic rings. The standard InChI is InChI=1S/C14H26N2O3.C12H23N.C11H14ClN.C11H15NO.C11H15N.C10H20N2O.C10H20N2.C10H19N.C8H17N.CH4/c1-10(2)15-12(17)11-7-6-8-16(9-11)13(18)19-14(3,4)5;1-9(2)13-11(4)12-7-5-10(3)6-8-12;1-8(2)13-9(3)10-4-6-11(12)7-5-10;1-9(2)12-11(13)8-10-6-4-3-5-7-10;1-9(2)12-10(3)11-7-5-4-6-8-11;1-8(2)11-10(13)9-4-6-12(3)7-5-9;1-8(2)12-9(3)10-5-4-6-11-7-10;1-8(2)11-9(3)10-6-4-5-7-10;1-6(2)8(5)9-7(3)4;/h10-11H,6-9H2,1-5H3,(H,15,17);9-10,12-13H,4-8H2,1-3H3;4-8,13H,3H2,1-2H3;3-7,9H,8H2,1-2H3,(H,12,13);4-9,12H,3H2,1-2H3;8-9H,4-7H2,1-3H3,(H,11,13);8,10-12H,3-7H2,1-2H3;8,10-11H,3-7H2,1-2H3;6-7,9H,5H2,1-4H3;1H4. The summed E-state index contributed by atoms with van der Waals surface area (Å²) in [5.41, 5.74) is 9.59. The Morgan fingerprint density at radius 3 is 1.23 bits per heavy atom. The van der Waals surface area contributed by atoms with Gasteiger partial charge in [0.15, 0.2) is 0 Å². The fraction of sp³-hybridized carbons (Fsp3) is 0.653. The number of hydrogen-bond donors (Lipinski definition) is 10. The molecular weight excluding hydrogens is 1460 g/mol. The van der Waals surface area contributed by atoms with Gasteiger partial charge in [0.25, 0.3) is 0 Å². The fourth-order valence-corrected chi connectivity index (χ4v) is 13.2. The molecule has 116 heavy (non-hydrogen) atoms. The van der Waals surface area contributed by atoms with E-state index in [1.165, 1.54) is 87.8 Å². The van der Waals surface area contributed by atoms with Crippen molar-refractivity contribution in [2.75, 3.05) is 46.3 Å². The third kappa shape index (κ3) is 57.0. The number of rotatable bonds is 25. The van der Waals surface area contributed by atoms with Gasteiger partial charge in [-0.05, 0) is 289 Å². The van der Waals surface area contributed by atoms with Crippen molar-refractivity contribution in [1.29, 1.82) is 0 Å². The van der Waals surface area contributed by atoms with Crippen LogP contribution >= 0.6 is 11.6 Å². The normalized spacial score (nSPS) is 17.3. The first kappa shape index (κ1) is 111. The molecule has 4 amide bonds. The van der Waals surface area contributed by atoms with Crippen molar-refractivity contribution in [3.8, 4) is 0 Å². The molecule has 2 aliphatic carbocycles. The third-order valence-corrected chi connectivity index (χ3v) is 19.3. The van der Waals surface area contributed by atoms with E-state index in [0.717, 1.165) is 102 Å². The summed E-state index contributed by atoms with van der Waals surface area (Å²) in [7, 11) is 2.11. The number of carbonyl (C=O) groups is 4. The second kappa shape index (κ2) is 62.0. The number of amides is 4. The highest BCUT2D eigenvalue weighted by atomic mass is 35.5. The van der Waals surface area contributed by atoms with Gasteiger partial charge in [0.2, 0.25) is 17.7 Å². The molecule has 18 heteroatoms. The molecule has 10 N–H and O–H groups in total. The highest BCUT2D eigenvalue weighted by Gasteiger charge is 2.32. The maximum atomic E-state index is 12.0. The molecule has 3 aromatic carbocycles. The number of ether oxygens (including phenoxy) is 1. The van der Waals surface area contributed by atoms with Crippen LogP contribution in [0.25, 0.3) is 11.4 Å². The Kier molecular flexibility index (Phi) is 59.3. The van der Waals surface area contributed by atoms with Crippen LogP contribution in [0.3, 0.4) is 0 Å². The minimum absolute atomic E-state index is 0. The summed E-state index contributed by atoms with van der Waals surface area (Å²) in [5, 5.41) is 32.8. The van der Waals surface area contributed by atoms with Crippen LogP contribution in [0.1, 0.15) is 280 Å². The van der Waals surface area contributed by atoms with Gasteiger partial charge < -0.3 is 67.7 Å². The average Bonchev–Trinajstić information content (AvgIpc) is 0.991. The maximum Gasteiger partial charge on any atom is 0.410 e. The number of halogens is 1. The molecule has 0 aromatic heterocycles. The number of carbonyl (C=O) groups excluding carboxylic acids is 4. The number of likely N-dealkylation sites (tertiary alicyclic amines) is 2. The Morgan fingerprint density at radius 2 is 0.836 bits per heavy atom. The summed E-state index contributed by atoms with van der Waals surface area (Å²) < 4.78 is 5.34. The summed E-state index contributed by atoms with van der Waals surface area (Å²) in [6.45, 7) is 79.1. The number of piperidine rings is 3. The van der Waals surface area contributed by atoms with Crippen LogP contribution in [0.4, 0.5) is 4.79 Å². The summed E-state index contributed by atoms with van der Waals surface area (Å²) in [6, 6.07) is 31.1. The van der Waals surface area contributed by atoms with Gasteiger partial charge in [-0.15, -0.1) is 0 Å². The Hall–Kier alpha value is -7.21. The Bertz CT molecular complexity index is 3130. The lowest BCUT2D eigenvalue weighted by Crippen LogP contribution is -2.48. The number of nitrogens with one attached hydrogen (secondary N) is 10. The molecule has 2 saturated carbocycles. The third-order valence-electron chi connectivity index (χ3n) is 19.0. The van der Waals surface area contributed by atoms with Gasteiger partial charge in [-0.3, -0.25) is 14.4 Å². The molecule has 0 spiro atoms. The minimum atomic E-state index is -0.496. The molecule has 3 saturated heterocycles. The van der Waals surface area contributed by atoms with Crippen molar-refractivity contribution >= 4 is 46.8 Å². The van der Waals surface area contributed by atoms with Gasteiger partial charge in [0.05, 0.1) is 12.3 Å². The molecule has 3 heterocycles. The van der Waals surface area contributed by atoms with Crippen LogP contribution in [-0.4, -0.2) is 140 Å². The van der Waals surface area contributed by atoms with Crippen molar-refractivity contribution in [1.82, 2.24) is 63.0 Å². The number of allylic oxidation sites excluding steroid dienone is 3. The first-order valence-electron chi connectivity index (χ1n) is 43.6. The van der Waals surface area contributed by atoms with Gasteiger partial charge >= 0.3 is 6.09 Å². The van der Waals surface area contributed by atoms with Crippen LogP contribution in [0.5, 0.6) is 0 Å². The first-order valence-corrected chi connectivity index (χ1v) is 44.0. The van der Waals surface area contributed by atoms with E-state index >= 15 is 0 Å². The van der Waals surface area contributed by atoms with Gasteiger partial charge in [-0.25, -0.2) is 4.79 Å². The molecule has 17 nitrogen and oxygen atoms in total. The predicted molar refractivity (Wildman–Crippen MR) is 503 cm³/mol. The highest BCUT2D eigenvalue weighted by Crippen LogP contribution is 2.32.